The van der Waals surface area contributed by atoms with E-state index in [9.17, 15) is 0 Å². The van der Waals surface area contributed by atoms with Crippen LogP contribution in [-0.2, 0) is 0 Å². The number of fused-ring (bicyclic) bond motifs is 1. The number of nitrogens with zero attached hydrogens (tertiary/aromatic N) is 1. The molecule has 1 heterocycles. The van der Waals surface area contributed by atoms with Crippen molar-refractivity contribution >= 4 is 12.6 Å². The second-order valence-corrected chi connectivity index (χ2v) is 5.87. The summed E-state index contributed by atoms with van der Waals surface area (Å²) in [6, 6.07) is 0. The van der Waals surface area contributed by atoms with Crippen molar-refractivity contribution in [3.05, 3.63) is 0 Å². The van der Waals surface area contributed by atoms with Crippen LogP contribution in [0.4, 0.5) is 0 Å². The lowest BCUT2D eigenvalue weighted by Crippen LogP contribution is -2.29. The van der Waals surface area contributed by atoms with Crippen LogP contribution in [-0.4, -0.2) is 30.3 Å². The van der Waals surface area contributed by atoms with Gasteiger partial charge in [-0.25, -0.2) is 0 Å². The molecule has 2 heteroatoms. The third kappa shape index (κ3) is 2.91. The van der Waals surface area contributed by atoms with Crippen molar-refractivity contribution in [3.63, 3.8) is 0 Å². The van der Waals surface area contributed by atoms with Crippen LogP contribution >= 0.6 is 12.6 Å². The van der Waals surface area contributed by atoms with E-state index in [0.29, 0.717) is 0 Å². The van der Waals surface area contributed by atoms with Crippen molar-refractivity contribution in [3.8, 4) is 0 Å². The Hall–Kier alpha value is 0.310. The van der Waals surface area contributed by atoms with Crippen LogP contribution in [0.2, 0.25) is 0 Å². The standard InChI is InChI=1S/C13H25NS/c1-2-4-11(10-15)7-14-8-12-5-3-6-13(12)9-14/h11-13,15H,2-10H2,1H3. The molecule has 0 radical (unpaired) electrons. The van der Waals surface area contributed by atoms with Crippen LogP contribution in [0.3, 0.4) is 0 Å². The molecule has 0 aromatic rings. The molecule has 2 rings (SSSR count). The summed E-state index contributed by atoms with van der Waals surface area (Å²) in [6.07, 6.45) is 7.16. The van der Waals surface area contributed by atoms with E-state index in [1.54, 1.807) is 0 Å². The predicted molar refractivity (Wildman–Crippen MR) is 69.5 cm³/mol. The third-order valence-corrected chi connectivity index (χ3v) is 4.79. The van der Waals surface area contributed by atoms with Crippen LogP contribution < -0.4 is 0 Å². The molecule has 1 saturated carbocycles. The highest BCUT2D eigenvalue weighted by atomic mass is 32.1. The molecule has 0 amide bonds. The van der Waals surface area contributed by atoms with Crippen molar-refractivity contribution in [1.29, 1.82) is 0 Å². The lowest BCUT2D eigenvalue weighted by atomic mass is 10.0. The Morgan fingerprint density at radius 1 is 1.27 bits per heavy atom. The summed E-state index contributed by atoms with van der Waals surface area (Å²) >= 11 is 4.48. The van der Waals surface area contributed by atoms with Gasteiger partial charge in [0.05, 0.1) is 0 Å². The Balaban J connectivity index is 1.76. The maximum absolute atomic E-state index is 4.48. The highest BCUT2D eigenvalue weighted by Gasteiger charge is 2.36. The van der Waals surface area contributed by atoms with Crippen LogP contribution in [0, 0.1) is 17.8 Å². The smallest absolute Gasteiger partial charge is 0.00177 e. The number of hydrogen-bond acceptors (Lipinski definition) is 2. The van der Waals surface area contributed by atoms with E-state index in [2.05, 4.69) is 24.5 Å². The minimum absolute atomic E-state index is 0.831. The summed E-state index contributed by atoms with van der Waals surface area (Å²) in [6.45, 7) is 6.37. The van der Waals surface area contributed by atoms with Gasteiger partial charge in [-0.3, -0.25) is 0 Å². The molecule has 1 aliphatic carbocycles. The van der Waals surface area contributed by atoms with Crippen molar-refractivity contribution < 1.29 is 0 Å². The number of rotatable bonds is 5. The van der Waals surface area contributed by atoms with Gasteiger partial charge in [-0.15, -0.1) is 0 Å². The Labute approximate surface area is 100 Å². The maximum Gasteiger partial charge on any atom is 0.00177 e. The summed E-state index contributed by atoms with van der Waals surface area (Å²) in [5.74, 6) is 4.00. The molecular formula is C13H25NS. The first kappa shape index (κ1) is 11.8. The molecule has 1 nitrogen and oxygen atoms in total. The molecule has 0 bridgehead atoms. The molecule has 3 atom stereocenters. The quantitative estimate of drug-likeness (QED) is 0.707. The highest BCUT2D eigenvalue weighted by molar-refractivity contribution is 7.80. The fourth-order valence-corrected chi connectivity index (χ4v) is 3.79. The van der Waals surface area contributed by atoms with Gasteiger partial charge in [-0.05, 0) is 42.8 Å². The average Bonchev–Trinajstić information content (AvgIpc) is 2.77. The lowest BCUT2D eigenvalue weighted by Gasteiger charge is -2.22. The fraction of sp³-hybridized carbons (Fsp3) is 1.00. The Bertz CT molecular complexity index is 183. The molecular weight excluding hydrogens is 202 g/mol. The number of thiol groups is 1. The van der Waals surface area contributed by atoms with Crippen LogP contribution in [0.25, 0.3) is 0 Å². The van der Waals surface area contributed by atoms with E-state index in [0.717, 1.165) is 23.5 Å². The Morgan fingerprint density at radius 2 is 1.93 bits per heavy atom. The van der Waals surface area contributed by atoms with Gasteiger partial charge in [0.1, 0.15) is 0 Å². The van der Waals surface area contributed by atoms with E-state index < -0.39 is 0 Å². The predicted octanol–water partition coefficient (Wildman–Crippen LogP) is 3.06. The van der Waals surface area contributed by atoms with Crippen molar-refractivity contribution in [2.75, 3.05) is 25.4 Å². The van der Waals surface area contributed by atoms with Crippen LogP contribution in [0.1, 0.15) is 39.0 Å². The Morgan fingerprint density at radius 3 is 2.47 bits per heavy atom. The topological polar surface area (TPSA) is 3.24 Å². The van der Waals surface area contributed by atoms with Gasteiger partial charge in [0.2, 0.25) is 0 Å². The zero-order chi connectivity index (χ0) is 10.7. The van der Waals surface area contributed by atoms with Gasteiger partial charge in [-0.1, -0.05) is 19.8 Å². The molecule has 3 unspecified atom stereocenters. The number of hydrogen-bond donors (Lipinski definition) is 1. The Kier molecular flexibility index (Phi) is 4.39. The maximum atomic E-state index is 4.48. The zero-order valence-electron chi connectivity index (χ0n) is 9.99. The minimum atomic E-state index is 0.831. The molecule has 2 aliphatic rings. The monoisotopic (exact) mass is 227 g/mol. The van der Waals surface area contributed by atoms with Gasteiger partial charge in [-0.2, -0.15) is 12.6 Å². The van der Waals surface area contributed by atoms with Gasteiger partial charge in [0, 0.05) is 19.6 Å². The summed E-state index contributed by atoms with van der Waals surface area (Å²) in [5, 5.41) is 0. The molecule has 0 N–H and O–H groups in total. The van der Waals surface area contributed by atoms with Crippen LogP contribution in [0.5, 0.6) is 0 Å². The van der Waals surface area contributed by atoms with Gasteiger partial charge in [0.25, 0.3) is 0 Å². The molecule has 1 aliphatic heterocycles. The van der Waals surface area contributed by atoms with E-state index in [4.69, 9.17) is 0 Å². The molecule has 1 saturated heterocycles. The fourth-order valence-electron chi connectivity index (χ4n) is 3.49. The molecule has 0 spiro atoms. The molecule has 15 heavy (non-hydrogen) atoms. The number of likely N-dealkylation sites (tertiary alicyclic amines) is 1. The van der Waals surface area contributed by atoms with E-state index in [1.807, 2.05) is 0 Å². The SMILES string of the molecule is CCCC(CS)CN1CC2CCCC2C1. The summed E-state index contributed by atoms with van der Waals surface area (Å²) in [7, 11) is 0. The zero-order valence-corrected chi connectivity index (χ0v) is 10.9. The van der Waals surface area contributed by atoms with Crippen molar-refractivity contribution in [2.45, 2.75) is 39.0 Å². The average molecular weight is 227 g/mol. The van der Waals surface area contributed by atoms with Gasteiger partial charge in [0.15, 0.2) is 0 Å². The molecule has 0 aromatic heterocycles. The molecule has 0 aromatic carbocycles. The molecule has 2 fully saturated rings. The van der Waals surface area contributed by atoms with Crippen molar-refractivity contribution in [1.82, 2.24) is 4.90 Å². The minimum Gasteiger partial charge on any atom is -0.302 e. The summed E-state index contributed by atoms with van der Waals surface area (Å²) in [4.78, 5) is 2.71. The summed E-state index contributed by atoms with van der Waals surface area (Å²) < 4.78 is 0. The third-order valence-electron chi connectivity index (χ3n) is 4.27. The first-order valence-corrected chi connectivity index (χ1v) is 7.30. The van der Waals surface area contributed by atoms with Crippen LogP contribution in [0.15, 0.2) is 0 Å². The van der Waals surface area contributed by atoms with Gasteiger partial charge < -0.3 is 4.90 Å². The van der Waals surface area contributed by atoms with E-state index in [-0.39, 0.29) is 0 Å². The molecule has 88 valence electrons. The summed E-state index contributed by atoms with van der Waals surface area (Å²) in [5.41, 5.74) is 0. The van der Waals surface area contributed by atoms with Crippen molar-refractivity contribution in [2.24, 2.45) is 17.8 Å². The second-order valence-electron chi connectivity index (χ2n) is 5.51. The second kappa shape index (κ2) is 5.58. The largest absolute Gasteiger partial charge is 0.302 e. The normalized spacial score (nSPS) is 33.2. The van der Waals surface area contributed by atoms with E-state index in [1.165, 1.54) is 51.7 Å². The lowest BCUT2D eigenvalue weighted by molar-refractivity contribution is 0.263. The van der Waals surface area contributed by atoms with E-state index >= 15 is 0 Å². The first-order chi connectivity index (χ1) is 7.33. The van der Waals surface area contributed by atoms with Gasteiger partial charge >= 0.3 is 0 Å². The highest BCUT2D eigenvalue weighted by Crippen LogP contribution is 2.38. The first-order valence-electron chi connectivity index (χ1n) is 6.66.